The van der Waals surface area contributed by atoms with Crippen LogP contribution >= 0.6 is 11.3 Å². The summed E-state index contributed by atoms with van der Waals surface area (Å²) >= 11 is 1.83. The van der Waals surface area contributed by atoms with Gasteiger partial charge in [0.2, 0.25) is 0 Å². The molecule has 0 aliphatic carbocycles. The second kappa shape index (κ2) is 13.3. The normalized spacial score (nSPS) is 11.6. The molecule has 0 aliphatic rings. The van der Waals surface area contributed by atoms with E-state index in [0.717, 1.165) is 60.9 Å². The Kier molecular flexibility index (Phi) is 7.64. The van der Waals surface area contributed by atoms with Crippen LogP contribution in [0.25, 0.3) is 110 Å². The summed E-state index contributed by atoms with van der Waals surface area (Å²) < 4.78 is 9.13. The van der Waals surface area contributed by atoms with E-state index in [2.05, 4.69) is 140 Å². The van der Waals surface area contributed by atoms with Crippen molar-refractivity contribution < 1.29 is 4.42 Å². The molecule has 0 saturated heterocycles. The van der Waals surface area contributed by atoms with E-state index in [1.54, 1.807) is 0 Å². The molecule has 0 amide bonds. The first-order valence-electron chi connectivity index (χ1n) is 18.7. The predicted molar refractivity (Wildman–Crippen MR) is 233 cm³/mol. The molecule has 0 aliphatic heterocycles. The van der Waals surface area contributed by atoms with Gasteiger partial charge in [-0.15, -0.1) is 11.3 Å². The number of rotatable bonds is 6. The first kappa shape index (κ1) is 32.2. The van der Waals surface area contributed by atoms with Gasteiger partial charge >= 0.3 is 0 Å². The van der Waals surface area contributed by atoms with Crippen LogP contribution < -0.4 is 0 Å². The first-order chi connectivity index (χ1) is 27.7. The molecule has 11 rings (SSSR count). The summed E-state index contributed by atoms with van der Waals surface area (Å²) in [6.45, 7) is 0. The van der Waals surface area contributed by atoms with Crippen LogP contribution in [0.2, 0.25) is 0 Å². The molecule has 0 spiro atoms. The van der Waals surface area contributed by atoms with Crippen LogP contribution in [0.1, 0.15) is 0 Å². The number of thiophene rings is 1. The highest BCUT2D eigenvalue weighted by Crippen LogP contribution is 2.46. The van der Waals surface area contributed by atoms with Gasteiger partial charge in [0.1, 0.15) is 11.2 Å². The number of para-hydroxylation sites is 1. The third-order valence-electron chi connectivity index (χ3n) is 10.5. The molecule has 0 atom stereocenters. The van der Waals surface area contributed by atoms with Gasteiger partial charge in [-0.3, -0.25) is 0 Å². The first-order valence-corrected chi connectivity index (χ1v) is 19.5. The summed E-state index contributed by atoms with van der Waals surface area (Å²) in [5.41, 5.74) is 11.3. The summed E-state index contributed by atoms with van der Waals surface area (Å²) in [5, 5.41) is 4.62. The van der Waals surface area contributed by atoms with Crippen LogP contribution in [-0.2, 0) is 0 Å². The molecular formula is C51H31N3OS. The molecule has 0 bridgehead atoms. The Morgan fingerprint density at radius 3 is 1.59 bits per heavy atom. The van der Waals surface area contributed by atoms with Gasteiger partial charge in [-0.1, -0.05) is 158 Å². The van der Waals surface area contributed by atoms with Crippen molar-refractivity contribution in [1.82, 2.24) is 15.0 Å². The van der Waals surface area contributed by atoms with Crippen molar-refractivity contribution in [3.63, 3.8) is 0 Å². The summed E-state index contributed by atoms with van der Waals surface area (Å²) in [4.78, 5) is 15.3. The van der Waals surface area contributed by atoms with E-state index in [-0.39, 0.29) is 0 Å². The fourth-order valence-electron chi connectivity index (χ4n) is 7.85. The fraction of sp³-hybridized carbons (Fsp3) is 0. The largest absolute Gasteiger partial charge is 0.456 e. The van der Waals surface area contributed by atoms with Gasteiger partial charge in [0.05, 0.1) is 0 Å². The van der Waals surface area contributed by atoms with Gasteiger partial charge in [-0.05, 0) is 63.7 Å². The maximum Gasteiger partial charge on any atom is 0.164 e. The lowest BCUT2D eigenvalue weighted by Crippen LogP contribution is -2.00. The Morgan fingerprint density at radius 1 is 0.321 bits per heavy atom. The van der Waals surface area contributed by atoms with Crippen molar-refractivity contribution in [3.05, 3.63) is 188 Å². The minimum Gasteiger partial charge on any atom is -0.456 e. The van der Waals surface area contributed by atoms with E-state index >= 15 is 0 Å². The van der Waals surface area contributed by atoms with Crippen LogP contribution in [0.15, 0.2) is 192 Å². The standard InChI is InChI=1S/C51H31N3OS/c1-4-13-32(14-5-1)34-23-25-36(26-24-34)50-52-49(35-17-8-3-9-18-35)53-51(54-50)38-29-42(47-40-19-10-11-21-43(40)55-44(47)30-38)39-20-12-22-45-48(39)41-28-27-37(31-46(41)56-45)33-15-6-2-7-16-33/h1-31H. The molecule has 0 saturated carbocycles. The van der Waals surface area contributed by atoms with Crippen molar-refractivity contribution >= 4 is 53.4 Å². The average molecular weight is 734 g/mol. The van der Waals surface area contributed by atoms with E-state index in [4.69, 9.17) is 19.4 Å². The Bertz CT molecular complexity index is 3230. The van der Waals surface area contributed by atoms with E-state index in [1.165, 1.54) is 31.3 Å². The zero-order valence-corrected chi connectivity index (χ0v) is 30.9. The van der Waals surface area contributed by atoms with E-state index in [1.807, 2.05) is 59.9 Å². The highest BCUT2D eigenvalue weighted by Gasteiger charge is 2.21. The zero-order chi connectivity index (χ0) is 37.0. The average Bonchev–Trinajstić information content (AvgIpc) is 3.85. The second-order valence-electron chi connectivity index (χ2n) is 14.0. The highest BCUT2D eigenvalue weighted by atomic mass is 32.1. The molecule has 56 heavy (non-hydrogen) atoms. The molecule has 0 radical (unpaired) electrons. The van der Waals surface area contributed by atoms with Crippen LogP contribution in [0.3, 0.4) is 0 Å². The fourth-order valence-corrected chi connectivity index (χ4v) is 9.02. The monoisotopic (exact) mass is 733 g/mol. The maximum absolute atomic E-state index is 6.64. The van der Waals surface area contributed by atoms with Gasteiger partial charge in [0.25, 0.3) is 0 Å². The van der Waals surface area contributed by atoms with Gasteiger partial charge < -0.3 is 4.42 Å². The molecule has 0 unspecified atom stereocenters. The Labute approximate surface area is 327 Å². The lowest BCUT2D eigenvalue weighted by molar-refractivity contribution is 0.669. The van der Waals surface area contributed by atoms with E-state index in [0.29, 0.717) is 17.5 Å². The molecule has 8 aromatic carbocycles. The van der Waals surface area contributed by atoms with E-state index in [9.17, 15) is 0 Å². The lowest BCUT2D eigenvalue weighted by atomic mass is 9.93. The van der Waals surface area contributed by atoms with Crippen molar-refractivity contribution in [2.75, 3.05) is 0 Å². The minimum absolute atomic E-state index is 0.583. The van der Waals surface area contributed by atoms with Crippen molar-refractivity contribution in [2.24, 2.45) is 0 Å². The van der Waals surface area contributed by atoms with Crippen LogP contribution in [-0.4, -0.2) is 15.0 Å². The molecule has 0 fully saturated rings. The number of hydrogen-bond donors (Lipinski definition) is 0. The summed E-state index contributed by atoms with van der Waals surface area (Å²) in [7, 11) is 0. The number of furan rings is 1. The lowest BCUT2D eigenvalue weighted by Gasteiger charge is -2.12. The van der Waals surface area contributed by atoms with Gasteiger partial charge in [-0.2, -0.15) is 0 Å². The summed E-state index contributed by atoms with van der Waals surface area (Å²) in [6.07, 6.45) is 0. The number of benzene rings is 8. The SMILES string of the molecule is c1ccc(-c2ccc(-c3nc(-c4ccccc4)nc(-c4cc(-c5cccc6sc7cc(-c8ccccc8)ccc7c56)c5c(c4)oc4ccccc45)n3)cc2)cc1. The van der Waals surface area contributed by atoms with Crippen molar-refractivity contribution in [1.29, 1.82) is 0 Å². The number of nitrogens with zero attached hydrogens (tertiary/aromatic N) is 3. The summed E-state index contributed by atoms with van der Waals surface area (Å²) in [6, 6.07) is 65.6. The molecule has 3 aromatic heterocycles. The van der Waals surface area contributed by atoms with Gasteiger partial charge in [0.15, 0.2) is 17.5 Å². The molecule has 4 nitrogen and oxygen atoms in total. The molecule has 0 N–H and O–H groups in total. The van der Waals surface area contributed by atoms with Crippen LogP contribution in [0, 0.1) is 0 Å². The van der Waals surface area contributed by atoms with E-state index < -0.39 is 0 Å². The maximum atomic E-state index is 6.64. The number of fused-ring (bicyclic) bond motifs is 6. The van der Waals surface area contributed by atoms with Gasteiger partial charge in [0, 0.05) is 47.6 Å². The Hall–Kier alpha value is -7.21. The third kappa shape index (κ3) is 5.56. The van der Waals surface area contributed by atoms with Gasteiger partial charge in [-0.25, -0.2) is 15.0 Å². The molecule has 3 heterocycles. The Balaban J connectivity index is 1.13. The Morgan fingerprint density at radius 2 is 0.875 bits per heavy atom. The van der Waals surface area contributed by atoms with Crippen LogP contribution in [0.4, 0.5) is 0 Å². The molecule has 5 heteroatoms. The second-order valence-corrected chi connectivity index (χ2v) is 15.1. The highest BCUT2D eigenvalue weighted by molar-refractivity contribution is 7.26. The third-order valence-corrected chi connectivity index (χ3v) is 11.7. The smallest absolute Gasteiger partial charge is 0.164 e. The minimum atomic E-state index is 0.583. The molecular weight excluding hydrogens is 703 g/mol. The zero-order valence-electron chi connectivity index (χ0n) is 30.1. The molecule has 262 valence electrons. The molecule has 11 aromatic rings. The van der Waals surface area contributed by atoms with Crippen LogP contribution in [0.5, 0.6) is 0 Å². The quantitative estimate of drug-likeness (QED) is 0.171. The van der Waals surface area contributed by atoms with Crippen molar-refractivity contribution in [3.8, 4) is 67.5 Å². The number of aromatic nitrogens is 3. The number of hydrogen-bond acceptors (Lipinski definition) is 5. The summed E-state index contributed by atoms with van der Waals surface area (Å²) in [5.74, 6) is 1.81. The van der Waals surface area contributed by atoms with Crippen molar-refractivity contribution in [2.45, 2.75) is 0 Å². The predicted octanol–water partition coefficient (Wildman–Crippen LogP) is 14.1. The topological polar surface area (TPSA) is 51.8 Å².